The molecule has 1 fully saturated rings. The van der Waals surface area contributed by atoms with E-state index in [9.17, 15) is 4.79 Å². The SMILES string of the molecule is O=C([C@H]1C[C@H]2C=C[C@H]1C2)N1CCCc2ccccc21. The van der Waals surface area contributed by atoms with Crippen LogP contribution in [0, 0.1) is 17.8 Å². The molecular weight excluding hydrogens is 234 g/mol. The van der Waals surface area contributed by atoms with Crippen molar-refractivity contribution >= 4 is 11.6 Å². The highest BCUT2D eigenvalue weighted by atomic mass is 16.2. The molecule has 2 bridgehead atoms. The van der Waals surface area contributed by atoms with Gasteiger partial charge in [-0.2, -0.15) is 0 Å². The molecule has 0 unspecified atom stereocenters. The fraction of sp³-hybridized carbons (Fsp3) is 0.471. The first kappa shape index (κ1) is 11.3. The van der Waals surface area contributed by atoms with E-state index in [0.717, 1.165) is 31.5 Å². The van der Waals surface area contributed by atoms with Gasteiger partial charge in [0.1, 0.15) is 0 Å². The summed E-state index contributed by atoms with van der Waals surface area (Å²) in [5, 5.41) is 0. The summed E-state index contributed by atoms with van der Waals surface area (Å²) in [7, 11) is 0. The molecule has 0 spiro atoms. The zero-order chi connectivity index (χ0) is 12.8. The molecule has 3 atom stereocenters. The molecule has 1 aromatic rings. The van der Waals surface area contributed by atoms with Gasteiger partial charge in [0, 0.05) is 18.2 Å². The van der Waals surface area contributed by atoms with Crippen molar-refractivity contribution < 1.29 is 4.79 Å². The lowest BCUT2D eigenvalue weighted by atomic mass is 9.90. The molecule has 0 saturated heterocycles. The topological polar surface area (TPSA) is 20.3 Å². The largest absolute Gasteiger partial charge is 0.312 e. The molecule has 0 radical (unpaired) electrons. The maximum atomic E-state index is 12.8. The number of nitrogens with zero attached hydrogens (tertiary/aromatic N) is 1. The van der Waals surface area contributed by atoms with Crippen LogP contribution in [-0.2, 0) is 11.2 Å². The summed E-state index contributed by atoms with van der Waals surface area (Å²) < 4.78 is 0. The van der Waals surface area contributed by atoms with Crippen LogP contribution in [0.15, 0.2) is 36.4 Å². The van der Waals surface area contributed by atoms with Gasteiger partial charge in [-0.05, 0) is 49.1 Å². The monoisotopic (exact) mass is 253 g/mol. The van der Waals surface area contributed by atoms with E-state index in [1.54, 1.807) is 0 Å². The third kappa shape index (κ3) is 1.73. The minimum atomic E-state index is 0.237. The molecule has 2 heteroatoms. The molecule has 0 aromatic heterocycles. The van der Waals surface area contributed by atoms with Crippen LogP contribution in [0.5, 0.6) is 0 Å². The number of amides is 1. The van der Waals surface area contributed by atoms with Gasteiger partial charge in [0.15, 0.2) is 0 Å². The number of fused-ring (bicyclic) bond motifs is 3. The molecule has 1 aromatic carbocycles. The fourth-order valence-corrected chi connectivity index (χ4v) is 4.03. The molecule has 0 N–H and O–H groups in total. The molecule has 2 aliphatic carbocycles. The first-order chi connectivity index (χ1) is 9.33. The second-order valence-electron chi connectivity index (χ2n) is 6.11. The van der Waals surface area contributed by atoms with Crippen LogP contribution in [0.25, 0.3) is 0 Å². The average Bonchev–Trinajstić information content (AvgIpc) is 3.08. The van der Waals surface area contributed by atoms with Crippen LogP contribution in [0.4, 0.5) is 5.69 Å². The first-order valence-corrected chi connectivity index (χ1v) is 7.40. The number of allylic oxidation sites excluding steroid dienone is 2. The highest BCUT2D eigenvalue weighted by Crippen LogP contribution is 2.45. The van der Waals surface area contributed by atoms with Crippen LogP contribution in [0.3, 0.4) is 0 Å². The van der Waals surface area contributed by atoms with Gasteiger partial charge in [0.25, 0.3) is 0 Å². The second-order valence-corrected chi connectivity index (χ2v) is 6.11. The zero-order valence-corrected chi connectivity index (χ0v) is 11.1. The molecule has 19 heavy (non-hydrogen) atoms. The summed E-state index contributed by atoms with van der Waals surface area (Å²) in [5.41, 5.74) is 2.49. The zero-order valence-electron chi connectivity index (χ0n) is 11.1. The number of hydrogen-bond acceptors (Lipinski definition) is 1. The third-order valence-corrected chi connectivity index (χ3v) is 4.97. The Morgan fingerprint density at radius 3 is 2.84 bits per heavy atom. The maximum absolute atomic E-state index is 12.8. The van der Waals surface area contributed by atoms with Crippen LogP contribution in [-0.4, -0.2) is 12.5 Å². The Hall–Kier alpha value is -1.57. The molecule has 1 heterocycles. The van der Waals surface area contributed by atoms with Crippen LogP contribution >= 0.6 is 0 Å². The van der Waals surface area contributed by atoms with Crippen molar-refractivity contribution in [1.29, 1.82) is 0 Å². The van der Waals surface area contributed by atoms with E-state index < -0.39 is 0 Å². The molecule has 1 amide bonds. The van der Waals surface area contributed by atoms with E-state index in [2.05, 4.69) is 35.3 Å². The van der Waals surface area contributed by atoms with Crippen molar-refractivity contribution in [3.63, 3.8) is 0 Å². The molecule has 2 nitrogen and oxygen atoms in total. The molecular formula is C17H19NO. The lowest BCUT2D eigenvalue weighted by Gasteiger charge is -2.33. The van der Waals surface area contributed by atoms with Crippen molar-refractivity contribution in [2.24, 2.45) is 17.8 Å². The van der Waals surface area contributed by atoms with Crippen molar-refractivity contribution in [2.45, 2.75) is 25.7 Å². The van der Waals surface area contributed by atoms with Gasteiger partial charge in [0.2, 0.25) is 5.91 Å². The number of carbonyl (C=O) groups is 1. The molecule has 98 valence electrons. The molecule has 3 aliphatic rings. The maximum Gasteiger partial charge on any atom is 0.230 e. The van der Waals surface area contributed by atoms with Crippen LogP contribution in [0.2, 0.25) is 0 Å². The van der Waals surface area contributed by atoms with Gasteiger partial charge in [-0.3, -0.25) is 4.79 Å². The second kappa shape index (κ2) is 4.22. The average molecular weight is 253 g/mol. The van der Waals surface area contributed by atoms with Gasteiger partial charge in [-0.15, -0.1) is 0 Å². The predicted octanol–water partition coefficient (Wildman–Crippen LogP) is 3.18. The minimum absolute atomic E-state index is 0.237. The summed E-state index contributed by atoms with van der Waals surface area (Å²) in [6.45, 7) is 0.896. The summed E-state index contributed by atoms with van der Waals surface area (Å²) in [6.07, 6.45) is 9.05. The Morgan fingerprint density at radius 2 is 2.05 bits per heavy atom. The molecule has 4 rings (SSSR count). The Labute approximate surface area is 114 Å². The Bertz CT molecular complexity index is 548. The minimum Gasteiger partial charge on any atom is -0.312 e. The lowest BCUT2D eigenvalue weighted by Crippen LogP contribution is -2.40. The van der Waals surface area contributed by atoms with E-state index in [1.807, 2.05) is 6.07 Å². The first-order valence-electron chi connectivity index (χ1n) is 7.40. The number of anilines is 1. The van der Waals surface area contributed by atoms with E-state index in [-0.39, 0.29) is 5.92 Å². The van der Waals surface area contributed by atoms with Gasteiger partial charge in [-0.25, -0.2) is 0 Å². The Kier molecular flexibility index (Phi) is 2.51. The molecule has 1 aliphatic heterocycles. The van der Waals surface area contributed by atoms with Crippen molar-refractivity contribution in [3.8, 4) is 0 Å². The van der Waals surface area contributed by atoms with E-state index in [1.165, 1.54) is 12.0 Å². The van der Waals surface area contributed by atoms with Gasteiger partial charge >= 0.3 is 0 Å². The number of hydrogen-bond donors (Lipinski definition) is 0. The van der Waals surface area contributed by atoms with E-state index in [0.29, 0.717) is 17.7 Å². The van der Waals surface area contributed by atoms with Gasteiger partial charge < -0.3 is 4.90 Å². The van der Waals surface area contributed by atoms with Crippen molar-refractivity contribution in [3.05, 3.63) is 42.0 Å². The molecule has 1 saturated carbocycles. The number of benzene rings is 1. The van der Waals surface area contributed by atoms with E-state index in [4.69, 9.17) is 0 Å². The normalized spacial score (nSPS) is 31.6. The predicted molar refractivity (Wildman–Crippen MR) is 76.0 cm³/mol. The number of aryl methyl sites for hydroxylation is 1. The fourth-order valence-electron chi connectivity index (χ4n) is 4.03. The van der Waals surface area contributed by atoms with Crippen LogP contribution in [0.1, 0.15) is 24.8 Å². The Balaban J connectivity index is 1.63. The Morgan fingerprint density at radius 1 is 1.16 bits per heavy atom. The number of rotatable bonds is 1. The lowest BCUT2D eigenvalue weighted by molar-refractivity contribution is -0.123. The van der Waals surface area contributed by atoms with Crippen LogP contribution < -0.4 is 4.90 Å². The third-order valence-electron chi connectivity index (χ3n) is 4.97. The summed E-state index contributed by atoms with van der Waals surface area (Å²) in [5.74, 6) is 1.77. The quantitative estimate of drug-likeness (QED) is 0.704. The summed E-state index contributed by atoms with van der Waals surface area (Å²) in [6, 6.07) is 8.39. The summed E-state index contributed by atoms with van der Waals surface area (Å²) >= 11 is 0. The van der Waals surface area contributed by atoms with Crippen molar-refractivity contribution in [1.82, 2.24) is 0 Å². The number of carbonyl (C=O) groups excluding carboxylic acids is 1. The number of para-hydroxylation sites is 1. The summed E-state index contributed by atoms with van der Waals surface area (Å²) in [4.78, 5) is 14.9. The van der Waals surface area contributed by atoms with Gasteiger partial charge in [0.05, 0.1) is 0 Å². The standard InChI is InChI=1S/C17H19NO/c19-17(15-11-12-7-8-14(15)10-12)18-9-3-5-13-4-1-2-6-16(13)18/h1-2,4,6-8,12,14-15H,3,5,9-11H2/t12-,14-,15-/m0/s1. The van der Waals surface area contributed by atoms with Crippen molar-refractivity contribution in [2.75, 3.05) is 11.4 Å². The van der Waals surface area contributed by atoms with Gasteiger partial charge in [-0.1, -0.05) is 30.4 Å². The highest BCUT2D eigenvalue weighted by Gasteiger charge is 2.42. The highest BCUT2D eigenvalue weighted by molar-refractivity contribution is 5.96. The van der Waals surface area contributed by atoms with E-state index >= 15 is 0 Å². The smallest absolute Gasteiger partial charge is 0.230 e.